The van der Waals surface area contributed by atoms with Crippen molar-refractivity contribution in [3.63, 3.8) is 0 Å². The third-order valence-electron chi connectivity index (χ3n) is 10.0. The number of pyridine rings is 2. The average Bonchev–Trinajstić information content (AvgIpc) is 3.45. The molecular weight excluding hydrogens is 663 g/mol. The summed E-state index contributed by atoms with van der Waals surface area (Å²) in [5, 5.41) is 10.1. The number of carboxylic acid groups (broad SMARTS) is 1. The summed E-state index contributed by atoms with van der Waals surface area (Å²) in [6.07, 6.45) is 2.59. The van der Waals surface area contributed by atoms with Crippen LogP contribution < -0.4 is 9.47 Å². The molecule has 7 rings (SSSR count). The Bertz CT molecular complexity index is 1920. The molecule has 1 saturated carbocycles. The first-order valence-corrected chi connectivity index (χ1v) is 17.2. The van der Waals surface area contributed by atoms with Crippen molar-refractivity contribution >= 4 is 35.0 Å². The Morgan fingerprint density at radius 3 is 1.80 bits per heavy atom. The van der Waals surface area contributed by atoms with Gasteiger partial charge in [0.25, 0.3) is 0 Å². The number of rotatable bonds is 11. The predicted molar refractivity (Wildman–Crippen MR) is 189 cm³/mol. The molecule has 0 bridgehead atoms. The van der Waals surface area contributed by atoms with E-state index in [9.17, 15) is 9.59 Å². The number of Topliss-reactive ketones (excluding diaryl/α,β-unsaturated/α-hetero) is 1. The highest BCUT2D eigenvalue weighted by atomic mass is 35.5. The Balaban J connectivity index is 1.10. The maximum Gasteiger partial charge on any atom is 0.303 e. The van der Waals surface area contributed by atoms with Gasteiger partial charge in [-0.1, -0.05) is 71.7 Å². The molecule has 254 valence electrons. The van der Waals surface area contributed by atoms with Crippen LogP contribution in [0.5, 0.6) is 11.8 Å². The van der Waals surface area contributed by atoms with Gasteiger partial charge in [-0.3, -0.25) is 19.4 Å². The molecule has 0 unspecified atom stereocenters. The number of carbonyl (C=O) groups excluding carboxylic acids is 1. The minimum absolute atomic E-state index is 0.167. The van der Waals surface area contributed by atoms with Crippen molar-refractivity contribution < 1.29 is 24.2 Å². The predicted octanol–water partition coefficient (Wildman–Crippen LogP) is 7.26. The van der Waals surface area contributed by atoms with Crippen molar-refractivity contribution in [2.45, 2.75) is 38.8 Å². The number of aliphatic carboxylic acids is 1. The quantitative estimate of drug-likeness (QED) is 0.173. The molecule has 2 aromatic heterocycles. The molecule has 2 aromatic carbocycles. The number of hydrogen-bond donors (Lipinski definition) is 1. The summed E-state index contributed by atoms with van der Waals surface area (Å²) in [4.78, 5) is 37.1. The number of nitrogens with zero attached hydrogens (tertiary/aromatic N) is 4. The molecule has 0 atom stereocenters. The fraction of sp³-hybridized carbons (Fsp3) is 0.368. The van der Waals surface area contributed by atoms with Crippen LogP contribution in [-0.2, 0) is 22.7 Å². The maximum absolute atomic E-state index is 11.8. The summed E-state index contributed by atoms with van der Waals surface area (Å²) in [7, 11) is 3.22. The van der Waals surface area contributed by atoms with E-state index < -0.39 is 5.97 Å². The monoisotopic (exact) mass is 700 g/mol. The lowest BCUT2D eigenvalue weighted by Gasteiger charge is -2.48. The molecule has 3 fully saturated rings. The van der Waals surface area contributed by atoms with Gasteiger partial charge in [-0.05, 0) is 24.5 Å². The second-order valence-corrected chi connectivity index (χ2v) is 14.3. The van der Waals surface area contributed by atoms with Crippen molar-refractivity contribution in [3.05, 3.63) is 81.8 Å². The second-order valence-electron chi connectivity index (χ2n) is 13.6. The van der Waals surface area contributed by atoms with Gasteiger partial charge in [0.15, 0.2) is 0 Å². The number of methoxy groups -OCH3 is 2. The minimum atomic E-state index is -0.762. The standard InChI is InChI=1S/C38H38Cl2N4O5/c1-48-36-24(19-43-17-23(18-43)15-33(46)47)9-11-31(41-36)29-7-3-5-27(34(29)39)28-6-4-8-30(35(28)40)32-12-10-25(37(42-32)49-2)20-44-21-38(22-44)14-13-26(45)16-38/h3-12,23H,13-22H2,1-2H3,(H,46,47). The van der Waals surface area contributed by atoms with E-state index in [0.717, 1.165) is 66.0 Å². The van der Waals surface area contributed by atoms with E-state index in [0.29, 0.717) is 64.9 Å². The Morgan fingerprint density at radius 2 is 1.33 bits per heavy atom. The zero-order valence-electron chi connectivity index (χ0n) is 27.5. The van der Waals surface area contributed by atoms with Crippen molar-refractivity contribution in [1.29, 1.82) is 0 Å². The highest BCUT2D eigenvalue weighted by molar-refractivity contribution is 6.39. The van der Waals surface area contributed by atoms with Gasteiger partial charge in [-0.2, -0.15) is 0 Å². The lowest BCUT2D eigenvalue weighted by atomic mass is 9.78. The number of carbonyl (C=O) groups is 2. The molecule has 1 spiro atoms. The lowest BCUT2D eigenvalue weighted by molar-refractivity contribution is -0.139. The summed E-state index contributed by atoms with van der Waals surface area (Å²) in [6.45, 7) is 4.68. The van der Waals surface area contributed by atoms with E-state index >= 15 is 0 Å². The van der Waals surface area contributed by atoms with Gasteiger partial charge in [0.05, 0.1) is 42.1 Å². The molecule has 49 heavy (non-hydrogen) atoms. The lowest BCUT2D eigenvalue weighted by Crippen LogP contribution is -2.54. The van der Waals surface area contributed by atoms with E-state index in [4.69, 9.17) is 47.8 Å². The van der Waals surface area contributed by atoms with E-state index in [1.165, 1.54) is 0 Å². The SMILES string of the molecule is COc1nc(-c2cccc(-c3cccc(-c4ccc(CN5CC6(CCC(=O)C6)C5)c(OC)n4)c3Cl)c2Cl)ccc1CN1CC(CC(=O)O)C1. The highest BCUT2D eigenvalue weighted by Crippen LogP contribution is 2.45. The molecule has 1 N–H and O–H groups in total. The van der Waals surface area contributed by atoms with E-state index in [1.54, 1.807) is 14.2 Å². The van der Waals surface area contributed by atoms with Crippen molar-refractivity contribution in [2.75, 3.05) is 40.4 Å². The summed E-state index contributed by atoms with van der Waals surface area (Å²) in [6, 6.07) is 19.6. The normalized spacial score (nSPS) is 17.6. The van der Waals surface area contributed by atoms with Crippen molar-refractivity contribution in [3.8, 4) is 45.4 Å². The Labute approximate surface area is 295 Å². The van der Waals surface area contributed by atoms with Crippen LogP contribution >= 0.6 is 23.2 Å². The van der Waals surface area contributed by atoms with Crippen molar-refractivity contribution in [2.24, 2.45) is 11.3 Å². The molecule has 1 aliphatic carbocycles. The number of ketones is 1. The largest absolute Gasteiger partial charge is 0.481 e. The number of likely N-dealkylation sites (tertiary alicyclic amines) is 2. The first kappa shape index (κ1) is 33.5. The number of aromatic nitrogens is 2. The van der Waals surface area contributed by atoms with Crippen LogP contribution in [-0.4, -0.2) is 77.0 Å². The molecule has 11 heteroatoms. The third-order valence-corrected chi connectivity index (χ3v) is 10.8. The Hall–Kier alpha value is -4.02. The summed E-state index contributed by atoms with van der Waals surface area (Å²) in [5.74, 6) is 0.859. The van der Waals surface area contributed by atoms with Crippen molar-refractivity contribution in [1.82, 2.24) is 19.8 Å². The molecule has 2 aliphatic heterocycles. The molecule has 0 amide bonds. The molecule has 4 heterocycles. The molecule has 2 saturated heterocycles. The first-order chi connectivity index (χ1) is 23.6. The van der Waals surface area contributed by atoms with Crippen LogP contribution in [0.1, 0.15) is 36.8 Å². The number of halogens is 2. The van der Waals surface area contributed by atoms with Crippen LogP contribution in [0.3, 0.4) is 0 Å². The summed E-state index contributed by atoms with van der Waals surface area (Å²) >= 11 is 14.2. The summed E-state index contributed by atoms with van der Waals surface area (Å²) < 4.78 is 11.4. The Kier molecular flexibility index (Phi) is 9.37. The molecule has 9 nitrogen and oxygen atoms in total. The molecular formula is C38H38Cl2N4O5. The minimum Gasteiger partial charge on any atom is -0.481 e. The fourth-order valence-corrected chi connectivity index (χ4v) is 8.31. The third kappa shape index (κ3) is 6.77. The van der Waals surface area contributed by atoms with Crippen LogP contribution in [0.4, 0.5) is 0 Å². The van der Waals surface area contributed by atoms with E-state index in [2.05, 4.69) is 9.80 Å². The maximum atomic E-state index is 11.8. The second kappa shape index (κ2) is 13.7. The van der Waals surface area contributed by atoms with Crippen LogP contribution in [0.2, 0.25) is 10.0 Å². The highest BCUT2D eigenvalue weighted by Gasteiger charge is 2.47. The van der Waals surface area contributed by atoms with Gasteiger partial charge in [0, 0.05) is 90.9 Å². The molecule has 3 aliphatic rings. The number of ether oxygens (including phenoxy) is 2. The Morgan fingerprint density at radius 1 is 0.816 bits per heavy atom. The average molecular weight is 702 g/mol. The number of benzene rings is 2. The molecule has 4 aromatic rings. The smallest absolute Gasteiger partial charge is 0.303 e. The van der Waals surface area contributed by atoms with E-state index in [1.807, 2.05) is 60.7 Å². The van der Waals surface area contributed by atoms with Crippen LogP contribution in [0.15, 0.2) is 60.7 Å². The fourth-order valence-electron chi connectivity index (χ4n) is 7.66. The van der Waals surface area contributed by atoms with Gasteiger partial charge >= 0.3 is 5.97 Å². The van der Waals surface area contributed by atoms with Gasteiger partial charge in [-0.15, -0.1) is 0 Å². The molecule has 0 radical (unpaired) electrons. The zero-order valence-corrected chi connectivity index (χ0v) is 29.1. The topological polar surface area (TPSA) is 105 Å². The number of hydrogen-bond acceptors (Lipinski definition) is 8. The van der Waals surface area contributed by atoms with Gasteiger partial charge in [0.2, 0.25) is 11.8 Å². The zero-order chi connectivity index (χ0) is 34.3. The van der Waals surface area contributed by atoms with E-state index in [-0.39, 0.29) is 17.8 Å². The van der Waals surface area contributed by atoms with Gasteiger partial charge in [-0.25, -0.2) is 9.97 Å². The van der Waals surface area contributed by atoms with Crippen LogP contribution in [0, 0.1) is 11.3 Å². The first-order valence-electron chi connectivity index (χ1n) is 16.5. The summed E-state index contributed by atoms with van der Waals surface area (Å²) in [5.41, 5.74) is 6.49. The van der Waals surface area contributed by atoms with Crippen LogP contribution in [0.25, 0.3) is 33.6 Å². The van der Waals surface area contributed by atoms with Gasteiger partial charge in [0.1, 0.15) is 5.78 Å². The van der Waals surface area contributed by atoms with Gasteiger partial charge < -0.3 is 14.6 Å². The number of carboxylic acids is 1.